The van der Waals surface area contributed by atoms with Crippen LogP contribution >= 0.6 is 0 Å². The van der Waals surface area contributed by atoms with Gasteiger partial charge in [-0.05, 0) is 23.6 Å². The van der Waals surface area contributed by atoms with Crippen molar-refractivity contribution in [3.05, 3.63) is 60.2 Å². The van der Waals surface area contributed by atoms with Gasteiger partial charge in [0.2, 0.25) is 0 Å². The number of hydrogen-bond donors (Lipinski definition) is 2. The van der Waals surface area contributed by atoms with E-state index >= 15 is 0 Å². The largest absolute Gasteiger partial charge is 0.481 e. The highest BCUT2D eigenvalue weighted by atomic mass is 16.5. The first-order valence-corrected chi connectivity index (χ1v) is 9.11. The van der Waals surface area contributed by atoms with Crippen LogP contribution in [0.15, 0.2) is 48.9 Å². The lowest BCUT2D eigenvalue weighted by molar-refractivity contribution is -0.148. The van der Waals surface area contributed by atoms with Crippen LogP contribution in [-0.4, -0.2) is 43.1 Å². The molecular formula is C20H20N4O4. The Hall–Kier alpha value is -3.42. The molecule has 1 fully saturated rings. The average molecular weight is 380 g/mol. The van der Waals surface area contributed by atoms with Crippen LogP contribution in [0.2, 0.25) is 0 Å². The lowest BCUT2D eigenvalue weighted by Gasteiger charge is -2.05. The molecule has 144 valence electrons. The standard InChI is InChI=1S/C20H20N4O4/c25-19(26)4-5-20(27)28-18-9-17(18)14-3-1-2-13(8-14)15-10-22-24(11-15)12-16-6-7-21-23-16/h1-3,6-8,10-11,17-18H,4-5,9,12H2,(H,21,23)(H,25,26). The van der Waals surface area contributed by atoms with Crippen LogP contribution in [0.3, 0.4) is 0 Å². The Labute approximate surface area is 161 Å². The number of carboxylic acid groups (broad SMARTS) is 1. The molecule has 2 aromatic heterocycles. The van der Waals surface area contributed by atoms with Crippen molar-refractivity contribution in [2.24, 2.45) is 0 Å². The minimum Gasteiger partial charge on any atom is -0.481 e. The zero-order valence-electron chi connectivity index (χ0n) is 15.1. The average Bonchev–Trinajstić information content (AvgIpc) is 3.07. The number of benzene rings is 1. The number of carbonyl (C=O) groups excluding carboxylic acids is 1. The van der Waals surface area contributed by atoms with Crippen LogP contribution in [0.5, 0.6) is 0 Å². The summed E-state index contributed by atoms with van der Waals surface area (Å²) in [5.74, 6) is -1.29. The Morgan fingerprint density at radius 3 is 2.93 bits per heavy atom. The fourth-order valence-electron chi connectivity index (χ4n) is 3.18. The second-order valence-corrected chi connectivity index (χ2v) is 6.90. The van der Waals surface area contributed by atoms with Crippen molar-refractivity contribution >= 4 is 11.9 Å². The van der Waals surface area contributed by atoms with E-state index in [1.54, 1.807) is 6.20 Å². The van der Waals surface area contributed by atoms with E-state index in [1.807, 2.05) is 41.3 Å². The van der Waals surface area contributed by atoms with Crippen molar-refractivity contribution in [2.45, 2.75) is 37.8 Å². The number of aliphatic carboxylic acids is 1. The fraction of sp³-hybridized carbons (Fsp3) is 0.300. The summed E-state index contributed by atoms with van der Waals surface area (Å²) in [4.78, 5) is 22.2. The SMILES string of the molecule is O=C(O)CCC(=O)OC1CC1c1cccc(-c2cnn(Cc3ccn[nH]3)c2)c1. The van der Waals surface area contributed by atoms with Crippen LogP contribution in [0.4, 0.5) is 0 Å². The van der Waals surface area contributed by atoms with E-state index in [1.165, 1.54) is 0 Å². The maximum absolute atomic E-state index is 11.7. The molecule has 2 heterocycles. The van der Waals surface area contributed by atoms with Crippen molar-refractivity contribution < 1.29 is 19.4 Å². The summed E-state index contributed by atoms with van der Waals surface area (Å²) < 4.78 is 7.21. The summed E-state index contributed by atoms with van der Waals surface area (Å²) in [6, 6.07) is 10.0. The predicted molar refractivity (Wildman–Crippen MR) is 99.5 cm³/mol. The molecule has 0 spiro atoms. The molecule has 0 saturated heterocycles. The second kappa shape index (κ2) is 7.67. The number of H-pyrrole nitrogens is 1. The zero-order valence-corrected chi connectivity index (χ0v) is 15.1. The molecular weight excluding hydrogens is 360 g/mol. The van der Waals surface area contributed by atoms with Crippen molar-refractivity contribution in [1.82, 2.24) is 20.0 Å². The molecule has 2 unspecified atom stereocenters. The Morgan fingerprint density at radius 2 is 2.14 bits per heavy atom. The van der Waals surface area contributed by atoms with E-state index < -0.39 is 11.9 Å². The van der Waals surface area contributed by atoms with E-state index in [2.05, 4.69) is 21.4 Å². The summed E-state index contributed by atoms with van der Waals surface area (Å²) in [5, 5.41) is 19.9. The molecule has 1 aliphatic carbocycles. The number of carbonyl (C=O) groups is 2. The van der Waals surface area contributed by atoms with Gasteiger partial charge in [0.05, 0.1) is 31.3 Å². The number of ether oxygens (including phenoxy) is 1. The summed E-state index contributed by atoms with van der Waals surface area (Å²) in [5.41, 5.74) is 4.15. The van der Waals surface area contributed by atoms with Crippen LogP contribution in [-0.2, 0) is 20.9 Å². The van der Waals surface area contributed by atoms with Gasteiger partial charge in [-0.1, -0.05) is 24.3 Å². The highest BCUT2D eigenvalue weighted by molar-refractivity contribution is 5.76. The number of carboxylic acids is 1. The first-order valence-electron chi connectivity index (χ1n) is 9.11. The van der Waals surface area contributed by atoms with E-state index in [0.717, 1.165) is 28.8 Å². The van der Waals surface area contributed by atoms with E-state index in [-0.39, 0.29) is 24.9 Å². The molecule has 2 N–H and O–H groups in total. The van der Waals surface area contributed by atoms with Crippen LogP contribution in [0.1, 0.15) is 36.4 Å². The summed E-state index contributed by atoms with van der Waals surface area (Å²) in [7, 11) is 0. The molecule has 0 aliphatic heterocycles. The lowest BCUT2D eigenvalue weighted by atomic mass is 10.0. The normalized spacial score (nSPS) is 18.0. The van der Waals surface area contributed by atoms with Gasteiger partial charge >= 0.3 is 11.9 Å². The Kier molecular flexibility index (Phi) is 4.92. The molecule has 1 aliphatic rings. The number of aromatic nitrogens is 4. The highest BCUT2D eigenvalue weighted by Gasteiger charge is 2.42. The molecule has 4 rings (SSSR count). The van der Waals surface area contributed by atoms with Crippen molar-refractivity contribution in [3.63, 3.8) is 0 Å². The molecule has 28 heavy (non-hydrogen) atoms. The molecule has 0 amide bonds. The van der Waals surface area contributed by atoms with E-state index in [0.29, 0.717) is 6.54 Å². The van der Waals surface area contributed by atoms with Gasteiger partial charge in [-0.25, -0.2) is 0 Å². The monoisotopic (exact) mass is 380 g/mol. The van der Waals surface area contributed by atoms with Gasteiger partial charge in [-0.3, -0.25) is 19.4 Å². The molecule has 0 radical (unpaired) electrons. The smallest absolute Gasteiger partial charge is 0.306 e. The third-order valence-electron chi connectivity index (χ3n) is 4.73. The van der Waals surface area contributed by atoms with Crippen molar-refractivity contribution in [2.75, 3.05) is 0 Å². The van der Waals surface area contributed by atoms with Gasteiger partial charge in [0.1, 0.15) is 6.10 Å². The number of nitrogens with one attached hydrogen (secondary N) is 1. The van der Waals surface area contributed by atoms with Gasteiger partial charge in [0.15, 0.2) is 0 Å². The molecule has 8 heteroatoms. The predicted octanol–water partition coefficient (Wildman–Crippen LogP) is 2.59. The van der Waals surface area contributed by atoms with E-state index in [4.69, 9.17) is 9.84 Å². The third kappa shape index (κ3) is 4.28. The third-order valence-corrected chi connectivity index (χ3v) is 4.73. The number of rotatable bonds is 8. The Bertz CT molecular complexity index is 980. The minimum absolute atomic E-state index is 0.0892. The van der Waals surface area contributed by atoms with Crippen LogP contribution in [0.25, 0.3) is 11.1 Å². The quantitative estimate of drug-likeness (QED) is 0.581. The summed E-state index contributed by atoms with van der Waals surface area (Å²) in [6.45, 7) is 0.622. The maximum atomic E-state index is 11.7. The van der Waals surface area contributed by atoms with Gasteiger partial charge in [-0.2, -0.15) is 10.2 Å². The molecule has 8 nitrogen and oxygen atoms in total. The van der Waals surface area contributed by atoms with Crippen LogP contribution in [0, 0.1) is 0 Å². The maximum Gasteiger partial charge on any atom is 0.306 e. The fourth-order valence-corrected chi connectivity index (χ4v) is 3.18. The van der Waals surface area contributed by atoms with Gasteiger partial charge in [-0.15, -0.1) is 0 Å². The molecule has 3 aromatic rings. The Balaban J connectivity index is 1.38. The topological polar surface area (TPSA) is 110 Å². The number of esters is 1. The first-order chi connectivity index (χ1) is 13.6. The number of hydrogen-bond acceptors (Lipinski definition) is 5. The number of nitrogens with zero attached hydrogens (tertiary/aromatic N) is 3. The van der Waals surface area contributed by atoms with Crippen LogP contribution < -0.4 is 0 Å². The minimum atomic E-state index is -0.995. The zero-order chi connectivity index (χ0) is 19.5. The Morgan fingerprint density at radius 1 is 1.25 bits per heavy atom. The van der Waals surface area contributed by atoms with Gasteiger partial charge < -0.3 is 9.84 Å². The molecule has 1 aromatic carbocycles. The number of aromatic amines is 1. The van der Waals surface area contributed by atoms with E-state index in [9.17, 15) is 9.59 Å². The lowest BCUT2D eigenvalue weighted by Crippen LogP contribution is -2.09. The molecule has 0 bridgehead atoms. The summed E-state index contributed by atoms with van der Waals surface area (Å²) in [6.07, 6.45) is 5.83. The highest BCUT2D eigenvalue weighted by Crippen LogP contribution is 2.44. The van der Waals surface area contributed by atoms with Gasteiger partial charge in [0, 0.05) is 23.9 Å². The summed E-state index contributed by atoms with van der Waals surface area (Å²) >= 11 is 0. The van der Waals surface area contributed by atoms with Crippen molar-refractivity contribution in [1.29, 1.82) is 0 Å². The van der Waals surface area contributed by atoms with Crippen molar-refractivity contribution in [3.8, 4) is 11.1 Å². The molecule has 2 atom stereocenters. The van der Waals surface area contributed by atoms with Gasteiger partial charge in [0.25, 0.3) is 0 Å². The first kappa shape index (κ1) is 18.0. The second-order valence-electron chi connectivity index (χ2n) is 6.90. The molecule has 1 saturated carbocycles.